The fourth-order valence-electron chi connectivity index (χ4n) is 13.3. The molecule has 0 radical (unpaired) electrons. The van der Waals surface area contributed by atoms with Gasteiger partial charge in [0.1, 0.15) is 0 Å². The Morgan fingerprint density at radius 3 is 1.37 bits per heavy atom. The average molecular weight is 951 g/mol. The van der Waals surface area contributed by atoms with Crippen molar-refractivity contribution in [3.05, 3.63) is 231 Å². The number of pyridine rings is 3. The quantitative estimate of drug-likeness (QED) is 0.173. The predicted molar refractivity (Wildman–Crippen MR) is 311 cm³/mol. The second kappa shape index (κ2) is 14.3. The summed E-state index contributed by atoms with van der Waals surface area (Å²) in [6.07, 6.45) is 4.20. The molecular weight excluding hydrogens is 913 g/mol. The van der Waals surface area contributed by atoms with Gasteiger partial charge in [-0.3, -0.25) is 9.97 Å². The summed E-state index contributed by atoms with van der Waals surface area (Å²) in [5.74, 6) is 0. The summed E-state index contributed by atoms with van der Waals surface area (Å²) in [5.41, 5.74) is 22.0. The van der Waals surface area contributed by atoms with E-state index >= 15 is 0 Å². The van der Waals surface area contributed by atoms with Crippen LogP contribution in [0.3, 0.4) is 0 Å². The van der Waals surface area contributed by atoms with Crippen LogP contribution in [-0.2, 0) is 0 Å². The molecule has 0 atom stereocenters. The highest BCUT2D eigenvalue weighted by Gasteiger charge is 2.30. The number of rotatable bonds is 5. The van der Waals surface area contributed by atoms with Gasteiger partial charge in [0.25, 0.3) is 0 Å². The highest BCUT2D eigenvalue weighted by Crippen LogP contribution is 2.52. The van der Waals surface area contributed by atoms with Gasteiger partial charge in [-0.2, -0.15) is 0 Å². The molecule has 9 heterocycles. The molecular formula is C69H38N6. The molecule has 0 spiro atoms. The Kier molecular flexibility index (Phi) is 7.51. The first-order valence-electron chi connectivity index (χ1n) is 25.7. The van der Waals surface area contributed by atoms with Gasteiger partial charge in [0.15, 0.2) is 0 Å². The van der Waals surface area contributed by atoms with Crippen LogP contribution in [0.2, 0.25) is 0 Å². The third-order valence-corrected chi connectivity index (χ3v) is 16.5. The largest absolute Gasteiger partial charge is 0.308 e. The monoisotopic (exact) mass is 950 g/mol. The smallest absolute Gasteiger partial charge is 0.0977 e. The van der Waals surface area contributed by atoms with Crippen molar-refractivity contribution in [1.82, 2.24) is 28.2 Å². The molecule has 18 rings (SSSR count). The van der Waals surface area contributed by atoms with Crippen LogP contribution < -0.4 is 0 Å². The third-order valence-electron chi connectivity index (χ3n) is 16.5. The second-order valence-electron chi connectivity index (χ2n) is 20.3. The molecule has 344 valence electrons. The van der Waals surface area contributed by atoms with Gasteiger partial charge in [-0.15, -0.1) is 0 Å². The Labute approximate surface area is 427 Å². The lowest BCUT2D eigenvalue weighted by Gasteiger charge is -2.12. The number of benzene rings is 9. The van der Waals surface area contributed by atoms with Gasteiger partial charge >= 0.3 is 0 Å². The van der Waals surface area contributed by atoms with E-state index in [-0.39, 0.29) is 0 Å². The fraction of sp³-hybridized carbons (Fsp3) is 0. The number of hydrogen-bond donors (Lipinski definition) is 0. The SMILES string of the molecule is c1ccc(-c2cc3c4cc(-c5ccccc5)ncc4n4c5c(-c6ccc7c8cccc9c%10ccccc%10n(c7c6)c98)c6c(cc5c(c2)c34)c2nc(-c3ccccc3)cc3c4cc(-c5ccccc5)ncc4n6c32)cc1. The highest BCUT2D eigenvalue weighted by atomic mass is 15.0. The highest BCUT2D eigenvalue weighted by molar-refractivity contribution is 6.34. The van der Waals surface area contributed by atoms with Gasteiger partial charge in [0.2, 0.25) is 0 Å². The van der Waals surface area contributed by atoms with Gasteiger partial charge in [0.05, 0.1) is 84.6 Å². The van der Waals surface area contributed by atoms with Crippen molar-refractivity contribution in [2.45, 2.75) is 0 Å². The third kappa shape index (κ3) is 5.14. The molecule has 0 amide bonds. The van der Waals surface area contributed by atoms with E-state index in [1.165, 1.54) is 76.3 Å². The van der Waals surface area contributed by atoms with Gasteiger partial charge in [-0.25, -0.2) is 4.98 Å². The average Bonchev–Trinajstić information content (AvgIpc) is 4.36. The molecule has 0 unspecified atom stereocenters. The van der Waals surface area contributed by atoms with Crippen LogP contribution in [-0.4, -0.2) is 28.2 Å². The van der Waals surface area contributed by atoms with Gasteiger partial charge in [-0.1, -0.05) is 170 Å². The van der Waals surface area contributed by atoms with Crippen LogP contribution in [0.15, 0.2) is 231 Å². The Morgan fingerprint density at radius 2 is 0.720 bits per heavy atom. The summed E-state index contributed by atoms with van der Waals surface area (Å²) in [6, 6.07) is 79.5. The number of nitrogens with zero attached hydrogens (tertiary/aromatic N) is 6. The first kappa shape index (κ1) is 39.4. The lowest BCUT2D eigenvalue weighted by molar-refractivity contribution is 1.29. The van der Waals surface area contributed by atoms with Crippen LogP contribution in [0, 0.1) is 0 Å². The molecule has 0 fully saturated rings. The Hall–Kier alpha value is -10.2. The number of para-hydroxylation sites is 2. The number of fused-ring (bicyclic) bond motifs is 18. The van der Waals surface area contributed by atoms with Crippen molar-refractivity contribution in [1.29, 1.82) is 0 Å². The zero-order chi connectivity index (χ0) is 48.6. The molecule has 0 aliphatic carbocycles. The van der Waals surface area contributed by atoms with E-state index in [1.54, 1.807) is 0 Å². The van der Waals surface area contributed by atoms with Crippen molar-refractivity contribution in [2.24, 2.45) is 0 Å². The standard InChI is InChI=1S/C69H38N6/c1-5-16-39(17-6-1)44-30-51-49-34-56(40-18-7-2-8-19-40)70-37-61(49)74-66(51)52(31-44)53-33-55-64-69-54(36-58(72-64)42-22-11-4-12-23-42)50-35-57(41-20-9-3-10-21-41)71-38-62(50)75(69)68(55)63(67(53)74)43-28-29-46-48-26-15-25-47-45-24-13-14-27-59(45)73(65(47)48)60(46)32-43/h1-38H. The molecule has 9 aromatic carbocycles. The molecule has 0 saturated carbocycles. The Morgan fingerprint density at radius 1 is 0.240 bits per heavy atom. The summed E-state index contributed by atoms with van der Waals surface area (Å²) in [5, 5.41) is 13.2. The van der Waals surface area contributed by atoms with Crippen molar-refractivity contribution in [3.8, 4) is 56.0 Å². The molecule has 6 heteroatoms. The van der Waals surface area contributed by atoms with Crippen LogP contribution in [0.5, 0.6) is 0 Å². The van der Waals surface area contributed by atoms with E-state index in [9.17, 15) is 0 Å². The maximum absolute atomic E-state index is 5.73. The molecule has 0 saturated heterocycles. The number of hydrogen-bond acceptors (Lipinski definition) is 3. The van der Waals surface area contributed by atoms with E-state index in [0.717, 1.165) is 94.2 Å². The lowest BCUT2D eigenvalue weighted by Crippen LogP contribution is -1.93. The summed E-state index contributed by atoms with van der Waals surface area (Å²) in [7, 11) is 0. The fourth-order valence-corrected chi connectivity index (χ4v) is 13.3. The zero-order valence-electron chi connectivity index (χ0n) is 40.1. The van der Waals surface area contributed by atoms with Crippen molar-refractivity contribution in [2.75, 3.05) is 0 Å². The van der Waals surface area contributed by atoms with E-state index in [0.29, 0.717) is 0 Å². The summed E-state index contributed by atoms with van der Waals surface area (Å²) < 4.78 is 7.53. The minimum Gasteiger partial charge on any atom is -0.308 e. The van der Waals surface area contributed by atoms with Crippen LogP contribution in [0.4, 0.5) is 0 Å². The normalized spacial score (nSPS) is 12.5. The van der Waals surface area contributed by atoms with E-state index < -0.39 is 0 Å². The van der Waals surface area contributed by atoms with E-state index in [2.05, 4.69) is 244 Å². The molecule has 75 heavy (non-hydrogen) atoms. The van der Waals surface area contributed by atoms with Crippen molar-refractivity contribution < 1.29 is 0 Å². The predicted octanol–water partition coefficient (Wildman–Crippen LogP) is 17.7. The minimum absolute atomic E-state index is 0.938. The molecule has 0 aliphatic rings. The maximum atomic E-state index is 5.73. The van der Waals surface area contributed by atoms with Gasteiger partial charge in [-0.05, 0) is 65.2 Å². The van der Waals surface area contributed by atoms with Gasteiger partial charge < -0.3 is 13.2 Å². The molecule has 9 aromatic heterocycles. The first-order chi connectivity index (χ1) is 37.2. The Bertz CT molecular complexity index is 5140. The molecule has 0 bridgehead atoms. The van der Waals surface area contributed by atoms with E-state index in [4.69, 9.17) is 15.0 Å². The zero-order valence-corrected chi connectivity index (χ0v) is 40.1. The first-order valence-corrected chi connectivity index (χ1v) is 25.7. The van der Waals surface area contributed by atoms with Gasteiger partial charge in [0, 0.05) is 81.5 Å². The number of aromatic nitrogens is 6. The lowest BCUT2D eigenvalue weighted by atomic mass is 9.95. The Balaban J connectivity index is 1.07. The topological polar surface area (TPSA) is 51.9 Å². The van der Waals surface area contributed by atoms with Crippen molar-refractivity contribution >= 4 is 114 Å². The summed E-state index contributed by atoms with van der Waals surface area (Å²) in [6.45, 7) is 0. The summed E-state index contributed by atoms with van der Waals surface area (Å²) >= 11 is 0. The maximum Gasteiger partial charge on any atom is 0.0977 e. The van der Waals surface area contributed by atoms with E-state index in [1.807, 2.05) is 0 Å². The van der Waals surface area contributed by atoms with Crippen molar-refractivity contribution in [3.63, 3.8) is 0 Å². The molecule has 0 N–H and O–H groups in total. The molecule has 6 nitrogen and oxygen atoms in total. The summed E-state index contributed by atoms with van der Waals surface area (Å²) in [4.78, 5) is 16.3. The minimum atomic E-state index is 0.938. The molecule has 18 aromatic rings. The second-order valence-corrected chi connectivity index (χ2v) is 20.3. The van der Waals surface area contributed by atoms with Crippen LogP contribution in [0.1, 0.15) is 0 Å². The van der Waals surface area contributed by atoms with Crippen LogP contribution >= 0.6 is 0 Å². The van der Waals surface area contributed by atoms with Crippen LogP contribution in [0.25, 0.3) is 170 Å². The molecule has 0 aliphatic heterocycles.